The lowest BCUT2D eigenvalue weighted by Crippen LogP contribution is -2.30. The van der Waals surface area contributed by atoms with Crippen molar-refractivity contribution in [3.8, 4) is 0 Å². The van der Waals surface area contributed by atoms with E-state index in [1.165, 1.54) is 12.8 Å². The lowest BCUT2D eigenvalue weighted by Gasteiger charge is -2.18. The van der Waals surface area contributed by atoms with E-state index in [1.54, 1.807) is 30.4 Å². The number of nitrogens with zero attached hydrogens (tertiary/aromatic N) is 5. The molecule has 2 aromatic rings. The normalized spacial score (nSPS) is 14.0. The number of hydrogen-bond donors (Lipinski definition) is 0. The Morgan fingerprint density at radius 2 is 1.87 bits per heavy atom. The molecular weight excluding hydrogens is 290 g/mol. The van der Waals surface area contributed by atoms with Gasteiger partial charge in [0.1, 0.15) is 0 Å². The molecule has 0 aliphatic carbocycles. The van der Waals surface area contributed by atoms with Gasteiger partial charge in [0.05, 0.1) is 0 Å². The van der Waals surface area contributed by atoms with Crippen molar-refractivity contribution in [1.29, 1.82) is 0 Å². The highest BCUT2D eigenvalue weighted by Gasteiger charge is 2.17. The molecule has 1 fully saturated rings. The summed E-state index contributed by atoms with van der Waals surface area (Å²) in [7, 11) is 1.79. The molecule has 0 spiro atoms. The fraction of sp³-hybridized carbons (Fsp3) is 0.412. The molecule has 0 bridgehead atoms. The molecule has 6 heteroatoms. The van der Waals surface area contributed by atoms with Crippen LogP contribution in [-0.2, 0) is 6.42 Å². The first-order valence-corrected chi connectivity index (χ1v) is 7.97. The zero-order chi connectivity index (χ0) is 16.1. The summed E-state index contributed by atoms with van der Waals surface area (Å²) in [6.45, 7) is 2.68. The summed E-state index contributed by atoms with van der Waals surface area (Å²) in [5.41, 5.74) is 1.56. The van der Waals surface area contributed by atoms with Crippen molar-refractivity contribution < 1.29 is 4.79 Å². The van der Waals surface area contributed by atoms with E-state index in [1.807, 2.05) is 18.2 Å². The second-order valence-electron chi connectivity index (χ2n) is 5.80. The first-order chi connectivity index (χ1) is 11.2. The van der Waals surface area contributed by atoms with Gasteiger partial charge in [0.25, 0.3) is 5.91 Å². The Balaban J connectivity index is 1.58. The highest BCUT2D eigenvalue weighted by molar-refractivity contribution is 5.92. The van der Waals surface area contributed by atoms with E-state index < -0.39 is 0 Å². The molecule has 3 rings (SSSR count). The fourth-order valence-electron chi connectivity index (χ4n) is 2.70. The number of carbonyl (C=O) groups is 1. The number of carbonyl (C=O) groups excluding carboxylic acids is 1. The third-order valence-electron chi connectivity index (χ3n) is 4.13. The van der Waals surface area contributed by atoms with Gasteiger partial charge in [-0.05, 0) is 49.1 Å². The molecule has 3 heterocycles. The number of rotatable bonds is 5. The highest BCUT2D eigenvalue weighted by atomic mass is 16.2. The molecule has 0 N–H and O–H groups in total. The summed E-state index contributed by atoms with van der Waals surface area (Å²) < 4.78 is 0. The molecule has 0 atom stereocenters. The van der Waals surface area contributed by atoms with Crippen LogP contribution in [0.15, 0.2) is 36.7 Å². The van der Waals surface area contributed by atoms with E-state index in [2.05, 4.69) is 20.1 Å². The third kappa shape index (κ3) is 3.83. The number of hydrogen-bond acceptors (Lipinski definition) is 5. The van der Waals surface area contributed by atoms with Gasteiger partial charge in [-0.25, -0.2) is 0 Å². The lowest BCUT2D eigenvalue weighted by atomic mass is 10.2. The number of amides is 1. The topological polar surface area (TPSA) is 62.2 Å². The molecular formula is C17H21N5O. The van der Waals surface area contributed by atoms with Crippen LogP contribution in [0.25, 0.3) is 0 Å². The van der Waals surface area contributed by atoms with Crippen LogP contribution in [0.5, 0.6) is 0 Å². The number of anilines is 1. The molecule has 1 aliphatic rings. The zero-order valence-corrected chi connectivity index (χ0v) is 13.4. The molecule has 0 unspecified atom stereocenters. The van der Waals surface area contributed by atoms with Gasteiger partial charge in [-0.3, -0.25) is 9.78 Å². The minimum absolute atomic E-state index is 0.0977. The third-order valence-corrected chi connectivity index (χ3v) is 4.13. The molecule has 6 nitrogen and oxygen atoms in total. The molecule has 120 valence electrons. The van der Waals surface area contributed by atoms with Gasteiger partial charge in [0.15, 0.2) is 11.5 Å². The largest absolute Gasteiger partial charge is 0.355 e. The summed E-state index contributed by atoms with van der Waals surface area (Å²) in [5, 5.41) is 8.31. The highest BCUT2D eigenvalue weighted by Crippen LogP contribution is 2.16. The molecule has 1 amide bonds. The molecule has 1 aliphatic heterocycles. The maximum atomic E-state index is 12.4. The predicted molar refractivity (Wildman–Crippen MR) is 88.4 cm³/mol. The van der Waals surface area contributed by atoms with Crippen molar-refractivity contribution in [3.63, 3.8) is 0 Å². The molecule has 0 saturated carbocycles. The fourth-order valence-corrected chi connectivity index (χ4v) is 2.70. The Bertz CT molecular complexity index is 638. The van der Waals surface area contributed by atoms with Crippen molar-refractivity contribution in [1.82, 2.24) is 20.1 Å². The van der Waals surface area contributed by atoms with Crippen LogP contribution in [0.4, 0.5) is 5.82 Å². The maximum Gasteiger partial charge on any atom is 0.274 e. The van der Waals surface area contributed by atoms with Crippen LogP contribution >= 0.6 is 0 Å². The van der Waals surface area contributed by atoms with E-state index >= 15 is 0 Å². The van der Waals surface area contributed by atoms with Gasteiger partial charge in [0.2, 0.25) is 0 Å². The number of likely N-dealkylation sites (N-methyl/N-ethyl adjacent to an activating group) is 1. The molecule has 0 aromatic carbocycles. The first kappa shape index (κ1) is 15.4. The summed E-state index contributed by atoms with van der Waals surface area (Å²) in [6, 6.07) is 7.58. The standard InChI is InChI=1S/C17H21N5O/c1-21(13-8-14-6-9-18-10-7-14)17(23)15-4-5-16(20-19-15)22-11-2-3-12-22/h4-7,9-10H,2-3,8,11-13H2,1H3. The molecule has 0 radical (unpaired) electrons. The van der Waals surface area contributed by atoms with Crippen molar-refractivity contribution in [2.24, 2.45) is 0 Å². The zero-order valence-electron chi connectivity index (χ0n) is 13.4. The summed E-state index contributed by atoms with van der Waals surface area (Å²) in [4.78, 5) is 20.3. The number of pyridine rings is 1. The van der Waals surface area contributed by atoms with E-state index in [4.69, 9.17) is 0 Å². The minimum atomic E-state index is -0.0977. The van der Waals surface area contributed by atoms with Crippen molar-refractivity contribution >= 4 is 11.7 Å². The van der Waals surface area contributed by atoms with Gasteiger partial charge in [0, 0.05) is 39.1 Å². The SMILES string of the molecule is CN(CCc1ccncc1)C(=O)c1ccc(N2CCCC2)nn1. The second kappa shape index (κ2) is 7.17. The van der Waals surface area contributed by atoms with Crippen LogP contribution < -0.4 is 4.90 Å². The number of aromatic nitrogens is 3. The van der Waals surface area contributed by atoms with Crippen molar-refractivity contribution in [3.05, 3.63) is 47.9 Å². The van der Waals surface area contributed by atoms with Crippen LogP contribution in [0, 0.1) is 0 Å². The summed E-state index contributed by atoms with van der Waals surface area (Å²) in [6.07, 6.45) is 6.71. The van der Waals surface area contributed by atoms with Crippen molar-refractivity contribution in [2.45, 2.75) is 19.3 Å². The Morgan fingerprint density at radius 1 is 1.13 bits per heavy atom. The Hall–Kier alpha value is -2.50. The minimum Gasteiger partial charge on any atom is -0.355 e. The second-order valence-corrected chi connectivity index (χ2v) is 5.80. The van der Waals surface area contributed by atoms with Crippen LogP contribution in [0.2, 0.25) is 0 Å². The van der Waals surface area contributed by atoms with Gasteiger partial charge in [-0.1, -0.05) is 0 Å². The Kier molecular flexibility index (Phi) is 4.80. The summed E-state index contributed by atoms with van der Waals surface area (Å²) >= 11 is 0. The quantitative estimate of drug-likeness (QED) is 0.842. The van der Waals surface area contributed by atoms with E-state index in [0.29, 0.717) is 12.2 Å². The van der Waals surface area contributed by atoms with Crippen LogP contribution in [0.1, 0.15) is 28.9 Å². The van der Waals surface area contributed by atoms with Crippen molar-refractivity contribution in [2.75, 3.05) is 31.6 Å². The van der Waals surface area contributed by atoms with Crippen LogP contribution in [0.3, 0.4) is 0 Å². The molecule has 1 saturated heterocycles. The van der Waals surface area contributed by atoms with Gasteiger partial charge in [-0.2, -0.15) is 0 Å². The monoisotopic (exact) mass is 311 g/mol. The van der Waals surface area contributed by atoms with E-state index in [9.17, 15) is 4.79 Å². The summed E-state index contributed by atoms with van der Waals surface area (Å²) in [5.74, 6) is 0.762. The maximum absolute atomic E-state index is 12.4. The average Bonchev–Trinajstić information content (AvgIpc) is 3.15. The van der Waals surface area contributed by atoms with Crippen LogP contribution in [-0.4, -0.2) is 52.7 Å². The van der Waals surface area contributed by atoms with E-state index in [-0.39, 0.29) is 5.91 Å². The Labute approximate surface area is 136 Å². The molecule has 23 heavy (non-hydrogen) atoms. The van der Waals surface area contributed by atoms with Gasteiger partial charge < -0.3 is 9.80 Å². The smallest absolute Gasteiger partial charge is 0.274 e. The average molecular weight is 311 g/mol. The van der Waals surface area contributed by atoms with Gasteiger partial charge in [-0.15, -0.1) is 10.2 Å². The van der Waals surface area contributed by atoms with E-state index in [0.717, 1.165) is 30.9 Å². The first-order valence-electron chi connectivity index (χ1n) is 7.97. The Morgan fingerprint density at radius 3 is 2.52 bits per heavy atom. The van der Waals surface area contributed by atoms with Gasteiger partial charge >= 0.3 is 0 Å². The lowest BCUT2D eigenvalue weighted by molar-refractivity contribution is 0.0789. The molecule has 2 aromatic heterocycles. The predicted octanol–water partition coefficient (Wildman–Crippen LogP) is 1.79.